The highest BCUT2D eigenvalue weighted by atomic mass is 16.3. The molecular weight excluding hydrogens is 328 g/mol. The third-order valence-corrected chi connectivity index (χ3v) is 3.74. The molecule has 2 aromatic carbocycles. The largest absolute Gasteiger partial charge is 0.508 e. The second kappa shape index (κ2) is 9.99. The van der Waals surface area contributed by atoms with Crippen molar-refractivity contribution in [3.8, 4) is 11.5 Å². The molecule has 2 aromatic rings. The summed E-state index contributed by atoms with van der Waals surface area (Å²) in [7, 11) is 0. The van der Waals surface area contributed by atoms with E-state index < -0.39 is 0 Å². The summed E-state index contributed by atoms with van der Waals surface area (Å²) in [4.78, 5) is 22.1. The van der Waals surface area contributed by atoms with E-state index in [9.17, 15) is 19.8 Å². The molecular formula is C22H24O4. The molecule has 0 aromatic heterocycles. The van der Waals surface area contributed by atoms with E-state index in [1.54, 1.807) is 42.5 Å². The van der Waals surface area contributed by atoms with Crippen LogP contribution in [0.1, 0.15) is 45.7 Å². The second-order valence-corrected chi connectivity index (χ2v) is 5.74. The van der Waals surface area contributed by atoms with E-state index in [1.165, 1.54) is 19.9 Å². The monoisotopic (exact) mass is 352 g/mol. The van der Waals surface area contributed by atoms with Gasteiger partial charge in [-0.05, 0) is 44.4 Å². The molecule has 0 saturated heterocycles. The van der Waals surface area contributed by atoms with Crippen LogP contribution in [0.5, 0.6) is 11.5 Å². The van der Waals surface area contributed by atoms with Crippen LogP contribution in [-0.4, -0.2) is 21.8 Å². The second-order valence-electron chi connectivity index (χ2n) is 5.74. The lowest BCUT2D eigenvalue weighted by atomic mass is 10.0. The van der Waals surface area contributed by atoms with Gasteiger partial charge >= 0.3 is 0 Å². The molecule has 26 heavy (non-hydrogen) atoms. The molecule has 2 N–H and O–H groups in total. The molecule has 0 aliphatic rings. The van der Waals surface area contributed by atoms with Gasteiger partial charge in [-0.3, -0.25) is 9.59 Å². The summed E-state index contributed by atoms with van der Waals surface area (Å²) in [5, 5.41) is 18.9. The van der Waals surface area contributed by atoms with Crippen LogP contribution in [0.25, 0.3) is 0 Å². The highest BCUT2D eigenvalue weighted by molar-refractivity contribution is 5.96. The summed E-state index contributed by atoms with van der Waals surface area (Å²) >= 11 is 0. The predicted molar refractivity (Wildman–Crippen MR) is 104 cm³/mol. The van der Waals surface area contributed by atoms with Gasteiger partial charge < -0.3 is 10.2 Å². The molecule has 4 nitrogen and oxygen atoms in total. The van der Waals surface area contributed by atoms with Crippen LogP contribution in [0.3, 0.4) is 0 Å². The normalized spacial score (nSPS) is 9.62. The average Bonchev–Trinajstić information content (AvgIpc) is 2.59. The van der Waals surface area contributed by atoms with E-state index in [0.717, 1.165) is 5.56 Å². The zero-order valence-corrected chi connectivity index (χ0v) is 15.2. The summed E-state index contributed by atoms with van der Waals surface area (Å²) in [6.07, 6.45) is 4.51. The first-order valence-corrected chi connectivity index (χ1v) is 8.18. The lowest BCUT2D eigenvalue weighted by molar-refractivity contribution is 0.100. The van der Waals surface area contributed by atoms with E-state index >= 15 is 0 Å². The molecule has 136 valence electrons. The van der Waals surface area contributed by atoms with E-state index in [4.69, 9.17) is 0 Å². The van der Waals surface area contributed by atoms with Crippen molar-refractivity contribution in [2.75, 3.05) is 0 Å². The van der Waals surface area contributed by atoms with Crippen LogP contribution in [0.4, 0.5) is 0 Å². The number of rotatable bonds is 6. The quantitative estimate of drug-likeness (QED) is 0.586. The summed E-state index contributed by atoms with van der Waals surface area (Å²) in [5.74, 6) is 0.244. The van der Waals surface area contributed by atoms with Crippen molar-refractivity contribution in [2.24, 2.45) is 0 Å². The van der Waals surface area contributed by atoms with Gasteiger partial charge in [0.05, 0.1) is 0 Å². The standard InChI is InChI=1S/2C11H12O2/c1-3-5-10-9(8(2)12)6-4-7-11(10)13;1-3-4-9-5-6-10(8(2)12)7-11(9)13/h3-4,6-7,13H,1,5H2,2H3;3,5-7,13H,1,4H2,2H3. The molecule has 0 amide bonds. The number of aromatic hydroxyl groups is 2. The number of hydrogen-bond acceptors (Lipinski definition) is 4. The fourth-order valence-corrected chi connectivity index (χ4v) is 2.37. The minimum atomic E-state index is -0.0412. The summed E-state index contributed by atoms with van der Waals surface area (Å²) in [6.45, 7) is 10.1. The van der Waals surface area contributed by atoms with Crippen LogP contribution in [0, 0.1) is 0 Å². The van der Waals surface area contributed by atoms with E-state index in [2.05, 4.69) is 13.2 Å². The fraction of sp³-hybridized carbons (Fsp3) is 0.182. The van der Waals surface area contributed by atoms with Crippen molar-refractivity contribution in [1.82, 2.24) is 0 Å². The molecule has 4 heteroatoms. The molecule has 0 radical (unpaired) electrons. The number of carbonyl (C=O) groups excluding carboxylic acids is 2. The van der Waals surface area contributed by atoms with E-state index in [-0.39, 0.29) is 23.1 Å². The van der Waals surface area contributed by atoms with Gasteiger partial charge in [-0.1, -0.05) is 36.4 Å². The van der Waals surface area contributed by atoms with Crippen molar-refractivity contribution >= 4 is 11.6 Å². The first-order valence-electron chi connectivity index (χ1n) is 8.18. The van der Waals surface area contributed by atoms with Gasteiger partial charge in [0.25, 0.3) is 0 Å². The van der Waals surface area contributed by atoms with Gasteiger partial charge in [-0.2, -0.15) is 0 Å². The minimum Gasteiger partial charge on any atom is -0.508 e. The number of Topliss-reactive ketones (excluding diaryl/α,β-unsaturated/α-hetero) is 2. The zero-order chi connectivity index (χ0) is 19.7. The summed E-state index contributed by atoms with van der Waals surface area (Å²) in [5.41, 5.74) is 2.55. The number of hydrogen-bond donors (Lipinski definition) is 2. The molecule has 0 unspecified atom stereocenters. The maximum atomic E-state index is 11.1. The first kappa shape index (κ1) is 20.9. The van der Waals surface area contributed by atoms with Gasteiger partial charge in [0.1, 0.15) is 11.5 Å². The molecule has 2 rings (SSSR count). The smallest absolute Gasteiger partial charge is 0.160 e. The highest BCUT2D eigenvalue weighted by Gasteiger charge is 2.09. The highest BCUT2D eigenvalue weighted by Crippen LogP contribution is 2.22. The zero-order valence-electron chi connectivity index (χ0n) is 15.2. The predicted octanol–water partition coefficient (Wildman–Crippen LogP) is 4.65. The Kier molecular flexibility index (Phi) is 8.03. The van der Waals surface area contributed by atoms with Gasteiger partial charge in [0.2, 0.25) is 0 Å². The summed E-state index contributed by atoms with van der Waals surface area (Å²) in [6, 6.07) is 9.89. The number of carbonyl (C=O) groups is 2. The number of benzene rings is 2. The van der Waals surface area contributed by atoms with Crippen molar-refractivity contribution in [3.05, 3.63) is 84.0 Å². The van der Waals surface area contributed by atoms with Gasteiger partial charge in [-0.25, -0.2) is 0 Å². The Hall–Kier alpha value is -3.14. The molecule has 0 saturated carbocycles. The van der Waals surface area contributed by atoms with Crippen molar-refractivity contribution in [1.29, 1.82) is 0 Å². The Balaban J connectivity index is 0.000000260. The maximum Gasteiger partial charge on any atom is 0.160 e. The molecule has 0 bridgehead atoms. The molecule has 0 heterocycles. The number of phenolic OH excluding ortho intramolecular Hbond substituents is 2. The van der Waals surface area contributed by atoms with Gasteiger partial charge in [0.15, 0.2) is 11.6 Å². The van der Waals surface area contributed by atoms with Gasteiger partial charge in [-0.15, -0.1) is 13.2 Å². The molecule has 0 spiro atoms. The Morgan fingerprint density at radius 3 is 2.08 bits per heavy atom. The third kappa shape index (κ3) is 5.74. The topological polar surface area (TPSA) is 74.6 Å². The van der Waals surface area contributed by atoms with Crippen LogP contribution in [0.2, 0.25) is 0 Å². The average molecular weight is 352 g/mol. The number of phenols is 2. The Labute approximate surface area is 154 Å². The van der Waals surface area contributed by atoms with Gasteiger partial charge in [0, 0.05) is 16.7 Å². The van der Waals surface area contributed by atoms with Crippen molar-refractivity contribution < 1.29 is 19.8 Å². The third-order valence-electron chi connectivity index (χ3n) is 3.74. The lowest BCUT2D eigenvalue weighted by Gasteiger charge is -2.06. The number of allylic oxidation sites excluding steroid dienone is 2. The Morgan fingerprint density at radius 1 is 0.923 bits per heavy atom. The van der Waals surface area contributed by atoms with E-state index in [0.29, 0.717) is 29.5 Å². The van der Waals surface area contributed by atoms with E-state index in [1.807, 2.05) is 0 Å². The molecule has 0 atom stereocenters. The minimum absolute atomic E-state index is 0.0345. The molecule has 0 fully saturated rings. The fourth-order valence-electron chi connectivity index (χ4n) is 2.37. The Morgan fingerprint density at radius 2 is 1.58 bits per heavy atom. The lowest BCUT2D eigenvalue weighted by Crippen LogP contribution is -1.98. The van der Waals surface area contributed by atoms with Crippen molar-refractivity contribution in [2.45, 2.75) is 26.7 Å². The first-order chi connectivity index (χ1) is 12.3. The SMILES string of the molecule is C=CCc1c(O)cccc1C(C)=O.C=CCc1ccc(C(C)=O)cc1O. The number of ketones is 2. The van der Waals surface area contributed by atoms with Crippen LogP contribution < -0.4 is 0 Å². The van der Waals surface area contributed by atoms with Crippen LogP contribution in [-0.2, 0) is 12.8 Å². The van der Waals surface area contributed by atoms with Crippen molar-refractivity contribution in [3.63, 3.8) is 0 Å². The summed E-state index contributed by atoms with van der Waals surface area (Å²) < 4.78 is 0. The molecule has 0 aliphatic carbocycles. The molecule has 0 aliphatic heterocycles. The van der Waals surface area contributed by atoms with Crippen LogP contribution in [0.15, 0.2) is 61.7 Å². The Bertz CT molecular complexity index is 819. The maximum absolute atomic E-state index is 11.1. The van der Waals surface area contributed by atoms with Crippen LogP contribution >= 0.6 is 0 Å².